The van der Waals surface area contributed by atoms with Gasteiger partial charge in [-0.15, -0.1) is 0 Å². The number of carbonyl (C=O) groups excluding carboxylic acids is 1. The van der Waals surface area contributed by atoms with Gasteiger partial charge in [0.15, 0.2) is 29.0 Å². The van der Waals surface area contributed by atoms with Crippen LogP contribution in [0, 0.1) is 0 Å². The summed E-state index contributed by atoms with van der Waals surface area (Å²) >= 11 is 0. The van der Waals surface area contributed by atoms with Crippen LogP contribution in [0.4, 0.5) is 11.6 Å². The number of nitrogens with zero attached hydrogens (tertiary/aromatic N) is 8. The Bertz CT molecular complexity index is 1630. The molecule has 0 unspecified atom stereocenters. The normalized spacial score (nSPS) is 33.6. The number of ether oxygens (including phenoxy) is 2. The van der Waals surface area contributed by atoms with Crippen LogP contribution in [0.15, 0.2) is 25.3 Å². The summed E-state index contributed by atoms with van der Waals surface area (Å²) in [4.78, 5) is 38.5. The van der Waals surface area contributed by atoms with Crippen molar-refractivity contribution in [3.8, 4) is 0 Å². The van der Waals surface area contributed by atoms with Crippen molar-refractivity contribution >= 4 is 39.9 Å². The first-order chi connectivity index (χ1) is 19.6. The first kappa shape index (κ1) is 27.0. The van der Waals surface area contributed by atoms with Gasteiger partial charge in [-0.1, -0.05) is 0 Å². The Morgan fingerprint density at radius 3 is 1.85 bits per heavy atom. The minimum absolute atomic E-state index is 0.0211. The third-order valence-corrected chi connectivity index (χ3v) is 7.29. The van der Waals surface area contributed by atoms with Crippen LogP contribution < -0.4 is 16.8 Å². The molecule has 20 nitrogen and oxygen atoms in total. The lowest BCUT2D eigenvalue weighted by Crippen LogP contribution is -2.65. The van der Waals surface area contributed by atoms with Crippen LogP contribution in [-0.4, -0.2) is 125 Å². The Hall–Kier alpha value is -4.15. The van der Waals surface area contributed by atoms with Crippen LogP contribution in [-0.2, 0) is 25.8 Å². The van der Waals surface area contributed by atoms with E-state index in [9.17, 15) is 35.4 Å². The van der Waals surface area contributed by atoms with E-state index in [1.54, 1.807) is 0 Å². The fraction of sp³-hybridized carbons (Fsp3) is 0.476. The number of imidazole rings is 2. The van der Waals surface area contributed by atoms with Crippen LogP contribution in [0.2, 0.25) is 0 Å². The molecule has 2 aliphatic heterocycles. The van der Waals surface area contributed by atoms with Crippen molar-refractivity contribution in [1.82, 2.24) is 44.4 Å². The molecular formula is C21H25N11O9. The van der Waals surface area contributed by atoms with Gasteiger partial charge in [0.1, 0.15) is 66.9 Å². The number of rotatable bonds is 6. The van der Waals surface area contributed by atoms with Crippen molar-refractivity contribution in [3.05, 3.63) is 25.3 Å². The molecule has 8 atom stereocenters. The zero-order chi connectivity index (χ0) is 29.3. The summed E-state index contributed by atoms with van der Waals surface area (Å²) < 4.78 is 13.7. The smallest absolute Gasteiger partial charge is 0.280 e. The van der Waals surface area contributed by atoms with Crippen molar-refractivity contribution < 1.29 is 44.9 Å². The van der Waals surface area contributed by atoms with E-state index in [0.717, 1.165) is 34.4 Å². The van der Waals surface area contributed by atoms with Crippen molar-refractivity contribution in [1.29, 1.82) is 0 Å². The molecule has 11 N–H and O–H groups in total. The Labute approximate surface area is 227 Å². The van der Waals surface area contributed by atoms with E-state index in [-0.39, 0.29) is 34.0 Å². The molecule has 2 fully saturated rings. The quantitative estimate of drug-likeness (QED) is 0.103. The molecule has 41 heavy (non-hydrogen) atoms. The molecule has 20 heteroatoms. The van der Waals surface area contributed by atoms with Gasteiger partial charge in [0, 0.05) is 0 Å². The van der Waals surface area contributed by atoms with E-state index in [2.05, 4.69) is 35.2 Å². The Balaban J connectivity index is 1.55. The molecule has 1 amide bonds. The predicted molar refractivity (Wildman–Crippen MR) is 132 cm³/mol. The molecule has 6 rings (SSSR count). The minimum atomic E-state index is -2.62. The minimum Gasteiger partial charge on any atom is -0.394 e. The summed E-state index contributed by atoms with van der Waals surface area (Å²) in [6.45, 7) is -1.59. The van der Waals surface area contributed by atoms with Crippen LogP contribution in [0.5, 0.6) is 0 Å². The maximum absolute atomic E-state index is 14.4. The highest BCUT2D eigenvalue weighted by molar-refractivity contribution is 5.89. The summed E-state index contributed by atoms with van der Waals surface area (Å²) in [6.07, 6.45) is -6.21. The lowest BCUT2D eigenvalue weighted by Gasteiger charge is -2.39. The van der Waals surface area contributed by atoms with Gasteiger partial charge in [0.25, 0.3) is 17.5 Å². The number of nitrogens with one attached hydrogen (secondary N) is 1. The monoisotopic (exact) mass is 575 g/mol. The second-order valence-electron chi connectivity index (χ2n) is 9.49. The fourth-order valence-electron chi connectivity index (χ4n) is 5.20. The standard InChI is InChI=1S/C21H25N11O9/c22-15-9-17(26-3-24-15)31(5-28-9)20(13(37)11(35)7(1-33)40-20)19(39)30-21(14(38)12(36)8(2-34)41-21)32-6-29-10-16(23)25-4-27-18(10)32/h3-8,11-14,33-38H,1-2H2,(H,30,39)(H2,22,24,26)(H2,23,25,27)/t7-,8-,11-,12-,13-,14-,20+,21+/m1/s1. The topological polar surface area (TPSA) is 308 Å². The highest BCUT2D eigenvalue weighted by Gasteiger charge is 2.65. The van der Waals surface area contributed by atoms with Gasteiger partial charge in [-0.05, 0) is 0 Å². The number of aliphatic hydroxyl groups is 6. The number of anilines is 2. The van der Waals surface area contributed by atoms with Gasteiger partial charge in [-0.2, -0.15) is 0 Å². The SMILES string of the molecule is Nc1ncnc2c1ncn2[C@]1(C(=O)N[C@@]2(n3cnc4c(N)ncnc43)O[C@H](CO)[C@@H](O)[C@H]2O)O[C@H](CO)[C@@H](O)[C@H]1O. The summed E-state index contributed by atoms with van der Waals surface area (Å²) in [5, 5.41) is 66.1. The lowest BCUT2D eigenvalue weighted by molar-refractivity contribution is -0.204. The van der Waals surface area contributed by atoms with E-state index in [1.165, 1.54) is 0 Å². The first-order valence-corrected chi connectivity index (χ1v) is 12.1. The highest BCUT2D eigenvalue weighted by Crippen LogP contribution is 2.41. The van der Waals surface area contributed by atoms with Crippen LogP contribution in [0.25, 0.3) is 22.3 Å². The highest BCUT2D eigenvalue weighted by atomic mass is 16.6. The van der Waals surface area contributed by atoms with Gasteiger partial charge in [0.2, 0.25) is 0 Å². The number of nitrogen functional groups attached to an aromatic ring is 2. The number of aromatic nitrogens is 8. The van der Waals surface area contributed by atoms with Crippen molar-refractivity contribution in [2.45, 2.75) is 48.2 Å². The molecule has 0 radical (unpaired) electrons. The van der Waals surface area contributed by atoms with Crippen LogP contribution in [0.3, 0.4) is 0 Å². The van der Waals surface area contributed by atoms with E-state index < -0.39 is 67.3 Å². The van der Waals surface area contributed by atoms with Crippen molar-refractivity contribution in [3.63, 3.8) is 0 Å². The number of hydrogen-bond donors (Lipinski definition) is 9. The molecule has 0 bridgehead atoms. The summed E-state index contributed by atoms with van der Waals surface area (Å²) in [5.41, 5.74) is 9.10. The lowest BCUT2D eigenvalue weighted by atomic mass is 10.00. The summed E-state index contributed by atoms with van der Waals surface area (Å²) in [5.74, 6) is -3.85. The Kier molecular flexibility index (Phi) is 6.24. The number of fused-ring (bicyclic) bond motifs is 2. The fourth-order valence-corrected chi connectivity index (χ4v) is 5.20. The first-order valence-electron chi connectivity index (χ1n) is 12.1. The van der Waals surface area contributed by atoms with E-state index >= 15 is 0 Å². The van der Waals surface area contributed by atoms with Crippen molar-refractivity contribution in [2.24, 2.45) is 0 Å². The van der Waals surface area contributed by atoms with Gasteiger partial charge in [0.05, 0.1) is 13.2 Å². The van der Waals surface area contributed by atoms with E-state index in [4.69, 9.17) is 20.9 Å². The molecule has 4 aromatic heterocycles. The van der Waals surface area contributed by atoms with Gasteiger partial charge >= 0.3 is 0 Å². The molecule has 6 heterocycles. The second kappa shape index (κ2) is 9.46. The average molecular weight is 575 g/mol. The second-order valence-corrected chi connectivity index (χ2v) is 9.49. The summed E-state index contributed by atoms with van der Waals surface area (Å²) in [7, 11) is 0. The molecule has 218 valence electrons. The largest absolute Gasteiger partial charge is 0.394 e. The van der Waals surface area contributed by atoms with Crippen LogP contribution >= 0.6 is 0 Å². The Morgan fingerprint density at radius 2 is 1.32 bits per heavy atom. The number of carbonyl (C=O) groups is 1. The molecule has 2 saturated heterocycles. The number of hydrogen-bond acceptors (Lipinski definition) is 17. The maximum atomic E-state index is 14.4. The zero-order valence-electron chi connectivity index (χ0n) is 20.8. The molecule has 4 aromatic rings. The van der Waals surface area contributed by atoms with Gasteiger partial charge in [-0.3, -0.25) is 13.9 Å². The van der Waals surface area contributed by atoms with E-state index in [0.29, 0.717) is 0 Å². The molecule has 0 aromatic carbocycles. The number of nitrogens with two attached hydrogens (primary N) is 2. The molecule has 0 aliphatic carbocycles. The van der Waals surface area contributed by atoms with Crippen LogP contribution in [0.1, 0.15) is 0 Å². The van der Waals surface area contributed by atoms with E-state index in [1.807, 2.05) is 0 Å². The number of aliphatic hydroxyl groups excluding tert-OH is 6. The molecular weight excluding hydrogens is 550 g/mol. The Morgan fingerprint density at radius 1 is 0.805 bits per heavy atom. The molecule has 2 aliphatic rings. The third kappa shape index (κ3) is 3.60. The average Bonchev–Trinajstić information content (AvgIpc) is 3.71. The predicted octanol–water partition coefficient (Wildman–Crippen LogP) is -5.56. The van der Waals surface area contributed by atoms with Gasteiger partial charge < -0.3 is 56.9 Å². The molecule has 0 saturated carbocycles. The zero-order valence-corrected chi connectivity index (χ0v) is 20.8. The van der Waals surface area contributed by atoms with Gasteiger partial charge in [-0.25, -0.2) is 29.9 Å². The maximum Gasteiger partial charge on any atom is 0.280 e. The molecule has 0 spiro atoms. The number of amides is 1. The summed E-state index contributed by atoms with van der Waals surface area (Å²) in [6, 6.07) is 0. The third-order valence-electron chi connectivity index (χ3n) is 7.29. The van der Waals surface area contributed by atoms with Crippen molar-refractivity contribution in [2.75, 3.05) is 24.7 Å².